The van der Waals surface area contributed by atoms with Crippen LogP contribution < -0.4 is 16.0 Å². The maximum absolute atomic E-state index is 13.6. The van der Waals surface area contributed by atoms with Gasteiger partial charge in [0.2, 0.25) is 5.78 Å². The molecule has 2 aromatic heterocycles. The summed E-state index contributed by atoms with van der Waals surface area (Å²) in [7, 11) is 0. The Labute approximate surface area is 173 Å². The highest BCUT2D eigenvalue weighted by Gasteiger charge is 2.38. The number of nitrogens with one attached hydrogen (secondary N) is 1. The number of hydrogen-bond donors (Lipinski definition) is 2. The highest BCUT2D eigenvalue weighted by Crippen LogP contribution is 2.34. The summed E-state index contributed by atoms with van der Waals surface area (Å²) in [6, 6.07) is 5.42. The Morgan fingerprint density at radius 1 is 1.30 bits per heavy atom. The standard InChI is InChI=1S/C21H26F3N5O/c1-4-13-10-29(11-16(27-13)12(2)3)17-8-7-15(21(22,23)24)18(28-17)19(30)14-6-5-9-26-20(14)25/h5-9,12-13,16,27H,4,10-11H2,1-3H3,(H2,25,26)/t13-,16-/m1/s1. The second kappa shape index (κ2) is 8.59. The zero-order valence-corrected chi connectivity index (χ0v) is 17.2. The quantitative estimate of drug-likeness (QED) is 0.719. The molecule has 3 N–H and O–H groups in total. The van der Waals surface area contributed by atoms with Gasteiger partial charge in [-0.25, -0.2) is 9.97 Å². The van der Waals surface area contributed by atoms with Gasteiger partial charge in [0.1, 0.15) is 17.3 Å². The molecule has 0 spiro atoms. The number of piperazine rings is 1. The molecule has 1 aliphatic heterocycles. The summed E-state index contributed by atoms with van der Waals surface area (Å²) in [5.74, 6) is -0.333. The largest absolute Gasteiger partial charge is 0.418 e. The van der Waals surface area contributed by atoms with Crippen molar-refractivity contribution in [3.05, 3.63) is 47.3 Å². The van der Waals surface area contributed by atoms with E-state index in [9.17, 15) is 18.0 Å². The molecule has 0 saturated carbocycles. The maximum Gasteiger partial charge on any atom is 0.418 e. The van der Waals surface area contributed by atoms with E-state index in [1.807, 2.05) is 4.90 Å². The van der Waals surface area contributed by atoms with Crippen LogP contribution in [0.3, 0.4) is 0 Å². The molecule has 0 amide bonds. The number of ketones is 1. The molecule has 6 nitrogen and oxygen atoms in total. The summed E-state index contributed by atoms with van der Waals surface area (Å²) < 4.78 is 40.9. The molecule has 2 atom stereocenters. The molecule has 0 unspecified atom stereocenters. The number of nitrogen functional groups attached to an aromatic ring is 1. The third-order valence-electron chi connectivity index (χ3n) is 5.41. The van der Waals surface area contributed by atoms with E-state index in [0.717, 1.165) is 12.5 Å². The Balaban J connectivity index is 2.05. The molecule has 162 valence electrons. The third-order valence-corrected chi connectivity index (χ3v) is 5.41. The van der Waals surface area contributed by atoms with Crippen LogP contribution in [-0.2, 0) is 6.18 Å². The number of rotatable bonds is 5. The van der Waals surface area contributed by atoms with E-state index >= 15 is 0 Å². The van der Waals surface area contributed by atoms with Crippen molar-refractivity contribution in [3.8, 4) is 0 Å². The number of pyridine rings is 2. The van der Waals surface area contributed by atoms with Crippen molar-refractivity contribution in [3.63, 3.8) is 0 Å². The predicted molar refractivity (Wildman–Crippen MR) is 109 cm³/mol. The SMILES string of the molecule is CC[C@@H]1CN(c2ccc(C(F)(F)F)c(C(=O)c3cccnc3N)n2)C[C@H](C(C)C)N1. The van der Waals surface area contributed by atoms with E-state index in [0.29, 0.717) is 24.8 Å². The van der Waals surface area contributed by atoms with Gasteiger partial charge >= 0.3 is 6.18 Å². The molecule has 3 rings (SSSR count). The molecular weight excluding hydrogens is 395 g/mol. The summed E-state index contributed by atoms with van der Waals surface area (Å²) in [6.45, 7) is 7.43. The topological polar surface area (TPSA) is 84.1 Å². The fraction of sp³-hybridized carbons (Fsp3) is 0.476. The van der Waals surface area contributed by atoms with Gasteiger partial charge in [0.25, 0.3) is 0 Å². The molecular formula is C21H26F3N5O. The Morgan fingerprint density at radius 2 is 2.03 bits per heavy atom. The van der Waals surface area contributed by atoms with E-state index in [1.165, 1.54) is 24.4 Å². The van der Waals surface area contributed by atoms with E-state index < -0.39 is 23.2 Å². The van der Waals surface area contributed by atoms with Crippen LogP contribution in [0.4, 0.5) is 24.8 Å². The van der Waals surface area contributed by atoms with E-state index in [2.05, 4.69) is 36.1 Å². The van der Waals surface area contributed by atoms with Crippen molar-refractivity contribution in [1.29, 1.82) is 0 Å². The zero-order valence-electron chi connectivity index (χ0n) is 17.2. The molecule has 1 saturated heterocycles. The summed E-state index contributed by atoms with van der Waals surface area (Å²) in [4.78, 5) is 22.9. The molecule has 0 bridgehead atoms. The molecule has 9 heteroatoms. The summed E-state index contributed by atoms with van der Waals surface area (Å²) in [5, 5.41) is 3.57. The summed E-state index contributed by atoms with van der Waals surface area (Å²) >= 11 is 0. The van der Waals surface area contributed by atoms with Gasteiger partial charge < -0.3 is 16.0 Å². The van der Waals surface area contributed by atoms with Gasteiger partial charge in [0, 0.05) is 31.4 Å². The number of alkyl halides is 3. The lowest BCUT2D eigenvalue weighted by Gasteiger charge is -2.41. The zero-order chi connectivity index (χ0) is 22.1. The van der Waals surface area contributed by atoms with Crippen molar-refractivity contribution >= 4 is 17.4 Å². The molecule has 0 aliphatic carbocycles. The highest BCUT2D eigenvalue weighted by molar-refractivity contribution is 6.11. The number of hydrogen-bond acceptors (Lipinski definition) is 6. The van der Waals surface area contributed by atoms with Crippen LogP contribution in [0, 0.1) is 5.92 Å². The van der Waals surface area contributed by atoms with Crippen molar-refractivity contribution in [2.45, 2.75) is 45.5 Å². The fourth-order valence-corrected chi connectivity index (χ4v) is 3.59. The highest BCUT2D eigenvalue weighted by atomic mass is 19.4. The van der Waals surface area contributed by atoms with Crippen molar-refractivity contribution in [1.82, 2.24) is 15.3 Å². The molecule has 1 aliphatic rings. The van der Waals surface area contributed by atoms with Gasteiger partial charge in [-0.2, -0.15) is 13.2 Å². The third kappa shape index (κ3) is 4.56. The van der Waals surface area contributed by atoms with Crippen LogP contribution in [0.5, 0.6) is 0 Å². The number of aromatic nitrogens is 2. The number of nitrogens with two attached hydrogens (primary N) is 1. The second-order valence-electron chi connectivity index (χ2n) is 7.86. The first-order valence-electron chi connectivity index (χ1n) is 9.96. The fourth-order valence-electron chi connectivity index (χ4n) is 3.59. The maximum atomic E-state index is 13.6. The minimum absolute atomic E-state index is 0.0977. The van der Waals surface area contributed by atoms with Crippen LogP contribution in [0.15, 0.2) is 30.5 Å². The number of carbonyl (C=O) groups excluding carboxylic acids is 1. The molecule has 0 aromatic carbocycles. The average Bonchev–Trinajstić information content (AvgIpc) is 2.72. The first kappa shape index (κ1) is 22.0. The number of carbonyl (C=O) groups is 1. The Bertz CT molecular complexity index is 916. The predicted octanol–water partition coefficient (Wildman–Crippen LogP) is 3.52. The van der Waals surface area contributed by atoms with Crippen molar-refractivity contribution < 1.29 is 18.0 Å². The van der Waals surface area contributed by atoms with Crippen LogP contribution in [0.25, 0.3) is 0 Å². The van der Waals surface area contributed by atoms with Crippen molar-refractivity contribution in [2.75, 3.05) is 23.7 Å². The van der Waals surface area contributed by atoms with Gasteiger partial charge in [0.05, 0.1) is 11.1 Å². The molecule has 2 aromatic rings. The van der Waals surface area contributed by atoms with Crippen molar-refractivity contribution in [2.24, 2.45) is 5.92 Å². The monoisotopic (exact) mass is 421 g/mol. The molecule has 3 heterocycles. The van der Waals surface area contributed by atoms with Crippen LogP contribution >= 0.6 is 0 Å². The number of anilines is 2. The van der Waals surface area contributed by atoms with Gasteiger partial charge in [-0.1, -0.05) is 20.8 Å². The minimum Gasteiger partial charge on any atom is -0.383 e. The Morgan fingerprint density at radius 3 is 2.63 bits per heavy atom. The molecule has 0 radical (unpaired) electrons. The van der Waals surface area contributed by atoms with Crippen LogP contribution in [0.1, 0.15) is 48.8 Å². The van der Waals surface area contributed by atoms with Crippen LogP contribution in [-0.4, -0.2) is 40.9 Å². The van der Waals surface area contributed by atoms with Gasteiger partial charge in [-0.15, -0.1) is 0 Å². The molecule has 30 heavy (non-hydrogen) atoms. The lowest BCUT2D eigenvalue weighted by molar-refractivity contribution is -0.138. The summed E-state index contributed by atoms with van der Waals surface area (Å²) in [5.41, 5.74) is 3.89. The van der Waals surface area contributed by atoms with Crippen LogP contribution in [0.2, 0.25) is 0 Å². The molecule has 1 fully saturated rings. The lowest BCUT2D eigenvalue weighted by Crippen LogP contribution is -2.58. The number of nitrogens with zero attached hydrogens (tertiary/aromatic N) is 3. The number of halogens is 3. The van der Waals surface area contributed by atoms with E-state index in [1.54, 1.807) is 0 Å². The Kier molecular flexibility index (Phi) is 6.30. The normalized spacial score (nSPS) is 19.9. The average molecular weight is 421 g/mol. The lowest BCUT2D eigenvalue weighted by atomic mass is 9.98. The summed E-state index contributed by atoms with van der Waals surface area (Å²) in [6.07, 6.45) is -2.47. The smallest absolute Gasteiger partial charge is 0.383 e. The van der Waals surface area contributed by atoms with Gasteiger partial charge in [0.15, 0.2) is 0 Å². The first-order valence-corrected chi connectivity index (χ1v) is 9.96. The Hall–Kier alpha value is -2.68. The first-order chi connectivity index (χ1) is 14.1. The second-order valence-corrected chi connectivity index (χ2v) is 7.86. The van der Waals surface area contributed by atoms with E-state index in [4.69, 9.17) is 5.73 Å². The van der Waals surface area contributed by atoms with E-state index in [-0.39, 0.29) is 23.5 Å². The van der Waals surface area contributed by atoms with Gasteiger partial charge in [-0.3, -0.25) is 4.79 Å². The van der Waals surface area contributed by atoms with Gasteiger partial charge in [-0.05, 0) is 36.6 Å². The minimum atomic E-state index is -4.72.